The summed E-state index contributed by atoms with van der Waals surface area (Å²) in [4.78, 5) is 42.1. The number of benzene rings is 2. The molecule has 0 fully saturated rings. The topological polar surface area (TPSA) is 82.3 Å². The molecule has 0 saturated heterocycles. The smallest absolute Gasteiger partial charge is 0.261 e. The number of para-hydroxylation sites is 1. The number of nitrogens with zero attached hydrogens (tertiary/aromatic N) is 1. The first kappa shape index (κ1) is 18.0. The Morgan fingerprint density at radius 2 is 1.86 bits per heavy atom. The van der Waals surface area contributed by atoms with E-state index in [0.717, 1.165) is 22.9 Å². The van der Waals surface area contributed by atoms with Gasteiger partial charge in [0.25, 0.3) is 17.7 Å². The van der Waals surface area contributed by atoms with Gasteiger partial charge in [-0.1, -0.05) is 25.1 Å². The zero-order chi connectivity index (χ0) is 19.7. The summed E-state index contributed by atoms with van der Waals surface area (Å²) >= 11 is 0. The maximum absolute atomic E-state index is 12.8. The van der Waals surface area contributed by atoms with E-state index in [1.165, 1.54) is 11.0 Å². The molecule has 0 unspecified atom stereocenters. The van der Waals surface area contributed by atoms with Crippen LogP contribution in [0, 0.1) is 0 Å². The van der Waals surface area contributed by atoms with Crippen LogP contribution in [0.1, 0.15) is 50.0 Å². The van der Waals surface area contributed by atoms with Crippen LogP contribution < -0.4 is 5.32 Å². The second-order valence-electron chi connectivity index (χ2n) is 6.89. The van der Waals surface area contributed by atoms with Gasteiger partial charge in [-0.2, -0.15) is 0 Å². The lowest BCUT2D eigenvalue weighted by Crippen LogP contribution is -2.31. The molecular formula is C22H21N3O3. The van der Waals surface area contributed by atoms with Crippen molar-refractivity contribution in [1.82, 2.24) is 15.2 Å². The number of rotatable bonds is 6. The van der Waals surface area contributed by atoms with Crippen LogP contribution in [0.15, 0.2) is 48.7 Å². The summed E-state index contributed by atoms with van der Waals surface area (Å²) in [7, 11) is 0. The van der Waals surface area contributed by atoms with E-state index >= 15 is 0 Å². The largest absolute Gasteiger partial charge is 0.361 e. The number of aromatic nitrogens is 1. The van der Waals surface area contributed by atoms with Gasteiger partial charge in [-0.15, -0.1) is 0 Å². The Balaban J connectivity index is 1.52. The normalized spacial score (nSPS) is 13.2. The molecule has 0 saturated carbocycles. The second-order valence-corrected chi connectivity index (χ2v) is 6.89. The summed E-state index contributed by atoms with van der Waals surface area (Å²) in [6.07, 6.45) is 3.31. The molecule has 0 atom stereocenters. The van der Waals surface area contributed by atoms with Crippen LogP contribution >= 0.6 is 0 Å². The zero-order valence-corrected chi connectivity index (χ0v) is 15.6. The minimum absolute atomic E-state index is 0.234. The molecular weight excluding hydrogens is 354 g/mol. The number of carbonyl (C=O) groups excluding carboxylic acids is 3. The van der Waals surface area contributed by atoms with Crippen molar-refractivity contribution in [1.29, 1.82) is 0 Å². The maximum Gasteiger partial charge on any atom is 0.261 e. The predicted molar refractivity (Wildman–Crippen MR) is 106 cm³/mol. The van der Waals surface area contributed by atoms with Crippen molar-refractivity contribution in [2.75, 3.05) is 13.1 Å². The average molecular weight is 375 g/mol. The molecule has 6 nitrogen and oxygen atoms in total. The number of fused-ring (bicyclic) bond motifs is 2. The Labute approximate surface area is 162 Å². The molecule has 6 heteroatoms. The minimum atomic E-state index is -0.343. The highest BCUT2D eigenvalue weighted by molar-refractivity contribution is 6.22. The number of hydrogen-bond donors (Lipinski definition) is 2. The fraction of sp³-hybridized carbons (Fsp3) is 0.227. The van der Waals surface area contributed by atoms with Crippen molar-refractivity contribution < 1.29 is 14.4 Å². The predicted octanol–water partition coefficient (Wildman–Crippen LogP) is 3.15. The third-order valence-corrected chi connectivity index (χ3v) is 5.05. The van der Waals surface area contributed by atoms with Gasteiger partial charge in [0.15, 0.2) is 0 Å². The number of carbonyl (C=O) groups is 3. The third-order valence-electron chi connectivity index (χ3n) is 5.05. The molecule has 142 valence electrons. The first-order valence-electron chi connectivity index (χ1n) is 9.43. The summed E-state index contributed by atoms with van der Waals surface area (Å²) in [6.45, 7) is 2.84. The van der Waals surface area contributed by atoms with E-state index in [9.17, 15) is 14.4 Å². The van der Waals surface area contributed by atoms with Gasteiger partial charge in [-0.05, 0) is 42.7 Å². The fourth-order valence-corrected chi connectivity index (χ4v) is 3.55. The first-order valence-corrected chi connectivity index (χ1v) is 9.43. The van der Waals surface area contributed by atoms with Crippen LogP contribution in [0.3, 0.4) is 0 Å². The van der Waals surface area contributed by atoms with Gasteiger partial charge in [-0.3, -0.25) is 19.3 Å². The Bertz CT molecular complexity index is 1080. The number of nitrogens with one attached hydrogen (secondary N) is 2. The SMILES string of the molecule is CCCNC(=O)c1ccc2c(c1)C(=O)N(CCc1c[nH]c3ccccc13)C2=O. The molecule has 2 N–H and O–H groups in total. The van der Waals surface area contributed by atoms with E-state index in [4.69, 9.17) is 0 Å². The van der Waals surface area contributed by atoms with Gasteiger partial charge in [0, 0.05) is 35.8 Å². The lowest BCUT2D eigenvalue weighted by molar-refractivity contribution is 0.0656. The molecule has 0 spiro atoms. The van der Waals surface area contributed by atoms with Gasteiger partial charge < -0.3 is 10.3 Å². The van der Waals surface area contributed by atoms with Crippen LogP contribution in [0.4, 0.5) is 0 Å². The van der Waals surface area contributed by atoms with Crippen LogP contribution in [0.5, 0.6) is 0 Å². The molecule has 2 heterocycles. The molecule has 0 radical (unpaired) electrons. The van der Waals surface area contributed by atoms with Gasteiger partial charge >= 0.3 is 0 Å². The molecule has 0 bridgehead atoms. The van der Waals surface area contributed by atoms with Crippen LogP contribution in [0.25, 0.3) is 10.9 Å². The van der Waals surface area contributed by atoms with Crippen molar-refractivity contribution in [2.24, 2.45) is 0 Å². The van der Waals surface area contributed by atoms with Gasteiger partial charge in [0.1, 0.15) is 0 Å². The van der Waals surface area contributed by atoms with Gasteiger partial charge in [0.2, 0.25) is 0 Å². The summed E-state index contributed by atoms with van der Waals surface area (Å²) in [5.41, 5.74) is 3.14. The molecule has 1 aliphatic heterocycles. The fourth-order valence-electron chi connectivity index (χ4n) is 3.55. The quantitative estimate of drug-likeness (QED) is 0.650. The highest BCUT2D eigenvalue weighted by Gasteiger charge is 2.35. The number of imide groups is 1. The van der Waals surface area contributed by atoms with E-state index in [-0.39, 0.29) is 17.7 Å². The third kappa shape index (κ3) is 3.07. The summed E-state index contributed by atoms with van der Waals surface area (Å²) in [5.74, 6) is -0.882. The Kier molecular flexibility index (Phi) is 4.69. The van der Waals surface area contributed by atoms with Crippen LogP contribution in [-0.2, 0) is 6.42 Å². The Morgan fingerprint density at radius 1 is 1.07 bits per heavy atom. The number of amides is 3. The van der Waals surface area contributed by atoms with E-state index in [2.05, 4.69) is 10.3 Å². The highest BCUT2D eigenvalue weighted by atomic mass is 16.2. The van der Waals surface area contributed by atoms with Gasteiger partial charge in [-0.25, -0.2) is 0 Å². The van der Waals surface area contributed by atoms with Crippen LogP contribution in [-0.4, -0.2) is 40.7 Å². The van der Waals surface area contributed by atoms with Crippen molar-refractivity contribution in [3.8, 4) is 0 Å². The van der Waals surface area contributed by atoms with E-state index in [1.54, 1.807) is 12.1 Å². The molecule has 0 aliphatic carbocycles. The Hall–Kier alpha value is -3.41. The molecule has 1 aromatic heterocycles. The number of hydrogen-bond acceptors (Lipinski definition) is 3. The molecule has 2 aromatic carbocycles. The van der Waals surface area contributed by atoms with Crippen molar-refractivity contribution in [3.63, 3.8) is 0 Å². The molecule has 3 aromatic rings. The minimum Gasteiger partial charge on any atom is -0.361 e. The van der Waals surface area contributed by atoms with E-state index in [1.807, 2.05) is 37.4 Å². The molecule has 1 aliphatic rings. The monoisotopic (exact) mass is 375 g/mol. The van der Waals surface area contributed by atoms with E-state index in [0.29, 0.717) is 36.2 Å². The second kappa shape index (κ2) is 7.31. The standard InChI is InChI=1S/C22H21N3O3/c1-2-10-23-20(26)14-7-8-17-18(12-14)22(28)25(21(17)27)11-9-15-13-24-19-6-4-3-5-16(15)19/h3-8,12-13,24H,2,9-11H2,1H3,(H,23,26). The molecule has 3 amide bonds. The lowest BCUT2D eigenvalue weighted by atomic mass is 10.1. The van der Waals surface area contributed by atoms with Gasteiger partial charge in [0.05, 0.1) is 11.1 Å². The van der Waals surface area contributed by atoms with Crippen molar-refractivity contribution in [2.45, 2.75) is 19.8 Å². The Morgan fingerprint density at radius 3 is 2.68 bits per heavy atom. The van der Waals surface area contributed by atoms with Crippen molar-refractivity contribution >= 4 is 28.6 Å². The van der Waals surface area contributed by atoms with Crippen LogP contribution in [0.2, 0.25) is 0 Å². The number of H-pyrrole nitrogens is 1. The average Bonchev–Trinajstić information content (AvgIpc) is 3.24. The number of aromatic amines is 1. The van der Waals surface area contributed by atoms with Crippen molar-refractivity contribution in [3.05, 3.63) is 70.9 Å². The molecule has 4 rings (SSSR count). The highest BCUT2D eigenvalue weighted by Crippen LogP contribution is 2.25. The van der Waals surface area contributed by atoms with E-state index < -0.39 is 0 Å². The first-order chi connectivity index (χ1) is 13.6. The summed E-state index contributed by atoms with van der Waals surface area (Å²) in [5, 5.41) is 3.88. The zero-order valence-electron chi connectivity index (χ0n) is 15.6. The summed E-state index contributed by atoms with van der Waals surface area (Å²) in [6, 6.07) is 12.6. The lowest BCUT2D eigenvalue weighted by Gasteiger charge is -2.13. The maximum atomic E-state index is 12.8. The molecule has 28 heavy (non-hydrogen) atoms. The summed E-state index contributed by atoms with van der Waals surface area (Å²) < 4.78 is 0.